The van der Waals surface area contributed by atoms with Gasteiger partial charge in [-0.15, -0.1) is 0 Å². The molecule has 0 aromatic heterocycles. The van der Waals surface area contributed by atoms with E-state index in [1.165, 1.54) is 6.92 Å². The number of ether oxygens (including phenoxy) is 1. The van der Waals surface area contributed by atoms with Gasteiger partial charge in [0, 0.05) is 10.7 Å². The predicted molar refractivity (Wildman–Crippen MR) is 109 cm³/mol. The number of nitrogens with zero attached hydrogens (tertiary/aromatic N) is 1. The second kappa shape index (κ2) is 8.63. The number of aryl methyl sites for hydroxylation is 1. The Bertz CT molecular complexity index is 914. The first-order valence-corrected chi connectivity index (χ1v) is 10.7. The van der Waals surface area contributed by atoms with Crippen molar-refractivity contribution in [2.24, 2.45) is 0 Å². The minimum absolute atomic E-state index is 0.374. The third kappa shape index (κ3) is 5.37. The molecule has 0 aliphatic carbocycles. The molecule has 2 aromatic carbocycles. The smallest absolute Gasteiger partial charge is 0.247 e. The predicted octanol–water partition coefficient (Wildman–Crippen LogP) is 3.84. The minimum Gasteiger partial charge on any atom is -0.494 e. The zero-order valence-corrected chi connectivity index (χ0v) is 17.3. The third-order valence-electron chi connectivity index (χ3n) is 3.93. The highest BCUT2D eigenvalue weighted by atomic mass is 35.5. The Morgan fingerprint density at radius 2 is 1.85 bits per heavy atom. The first kappa shape index (κ1) is 21.1. The number of sulfonamides is 1. The van der Waals surface area contributed by atoms with Crippen LogP contribution in [-0.4, -0.2) is 33.2 Å². The maximum absolute atomic E-state index is 12.7. The van der Waals surface area contributed by atoms with E-state index in [1.807, 2.05) is 6.92 Å². The molecular formula is C19H23ClN2O4S. The van der Waals surface area contributed by atoms with Gasteiger partial charge in [0.05, 0.1) is 18.6 Å². The van der Waals surface area contributed by atoms with Crippen molar-refractivity contribution in [3.8, 4) is 5.75 Å². The van der Waals surface area contributed by atoms with Crippen LogP contribution in [0.4, 0.5) is 11.4 Å². The number of hydrogen-bond donors (Lipinski definition) is 1. The van der Waals surface area contributed by atoms with Crippen LogP contribution in [0.1, 0.15) is 19.4 Å². The zero-order valence-electron chi connectivity index (χ0n) is 15.7. The largest absolute Gasteiger partial charge is 0.494 e. The summed E-state index contributed by atoms with van der Waals surface area (Å²) in [6.07, 6.45) is 1.06. The van der Waals surface area contributed by atoms with Gasteiger partial charge in [0.1, 0.15) is 11.8 Å². The molecule has 2 rings (SSSR count). The Morgan fingerprint density at radius 3 is 2.41 bits per heavy atom. The van der Waals surface area contributed by atoms with Gasteiger partial charge in [-0.3, -0.25) is 9.10 Å². The molecular weight excluding hydrogens is 388 g/mol. The second-order valence-corrected chi connectivity index (χ2v) is 8.41. The number of anilines is 2. The molecule has 2 aromatic rings. The number of carbonyl (C=O) groups excluding carboxylic acids is 1. The van der Waals surface area contributed by atoms with Crippen molar-refractivity contribution in [1.82, 2.24) is 0 Å². The summed E-state index contributed by atoms with van der Waals surface area (Å²) in [5.74, 6) is 0.236. The van der Waals surface area contributed by atoms with Crippen molar-refractivity contribution >= 4 is 38.9 Å². The standard InChI is InChI=1S/C19H23ClN2O4S/c1-5-26-17-10-8-16(9-11-17)21-19(23)14(3)22(27(4,24)25)18-12-15(20)7-6-13(18)2/h6-12,14H,5H2,1-4H3,(H,21,23)/t14-/m0/s1. The van der Waals surface area contributed by atoms with Crippen molar-refractivity contribution in [3.63, 3.8) is 0 Å². The fourth-order valence-corrected chi connectivity index (χ4v) is 4.04. The molecule has 0 heterocycles. The molecule has 0 aliphatic heterocycles. The summed E-state index contributed by atoms with van der Waals surface area (Å²) in [6, 6.07) is 10.8. The molecule has 0 saturated carbocycles. The lowest BCUT2D eigenvalue weighted by molar-refractivity contribution is -0.116. The van der Waals surface area contributed by atoms with Gasteiger partial charge >= 0.3 is 0 Å². The Balaban J connectivity index is 2.28. The molecule has 0 fully saturated rings. The number of nitrogens with one attached hydrogen (secondary N) is 1. The Hall–Kier alpha value is -2.25. The van der Waals surface area contributed by atoms with E-state index in [4.69, 9.17) is 16.3 Å². The SMILES string of the molecule is CCOc1ccc(NC(=O)[C@H](C)N(c2cc(Cl)ccc2C)S(C)(=O)=O)cc1. The highest BCUT2D eigenvalue weighted by Gasteiger charge is 2.30. The monoisotopic (exact) mass is 410 g/mol. The van der Waals surface area contributed by atoms with Gasteiger partial charge < -0.3 is 10.1 Å². The quantitative estimate of drug-likeness (QED) is 0.752. The number of amides is 1. The molecule has 1 atom stereocenters. The Labute approximate surface area is 165 Å². The number of benzene rings is 2. The van der Waals surface area contributed by atoms with Crippen LogP contribution in [0, 0.1) is 6.92 Å². The molecule has 146 valence electrons. The normalized spacial score (nSPS) is 12.3. The van der Waals surface area contributed by atoms with Gasteiger partial charge in [-0.25, -0.2) is 8.42 Å². The van der Waals surface area contributed by atoms with E-state index in [-0.39, 0.29) is 0 Å². The topological polar surface area (TPSA) is 75.7 Å². The summed E-state index contributed by atoms with van der Waals surface area (Å²) in [7, 11) is -3.71. The average Bonchev–Trinajstić information content (AvgIpc) is 2.59. The number of halogens is 1. The Morgan fingerprint density at radius 1 is 1.22 bits per heavy atom. The average molecular weight is 411 g/mol. The summed E-state index contributed by atoms with van der Waals surface area (Å²) in [6.45, 7) is 5.73. The van der Waals surface area contributed by atoms with Crippen molar-refractivity contribution in [3.05, 3.63) is 53.1 Å². The van der Waals surface area contributed by atoms with Gasteiger partial charge in [-0.05, 0) is 62.7 Å². The van der Waals surface area contributed by atoms with Crippen molar-refractivity contribution < 1.29 is 17.9 Å². The minimum atomic E-state index is -3.71. The van der Waals surface area contributed by atoms with Gasteiger partial charge in [-0.1, -0.05) is 17.7 Å². The zero-order chi connectivity index (χ0) is 20.2. The molecule has 8 heteroatoms. The van der Waals surface area contributed by atoms with Crippen LogP contribution in [0.5, 0.6) is 5.75 Å². The lowest BCUT2D eigenvalue weighted by atomic mass is 10.1. The fraction of sp³-hybridized carbons (Fsp3) is 0.316. The van der Waals surface area contributed by atoms with Crippen LogP contribution >= 0.6 is 11.6 Å². The van der Waals surface area contributed by atoms with E-state index in [0.717, 1.165) is 10.6 Å². The van der Waals surface area contributed by atoms with Gasteiger partial charge in [0.25, 0.3) is 0 Å². The van der Waals surface area contributed by atoms with E-state index in [9.17, 15) is 13.2 Å². The summed E-state index contributed by atoms with van der Waals surface area (Å²) < 4.78 is 31.2. The van der Waals surface area contributed by atoms with Crippen LogP contribution < -0.4 is 14.4 Å². The maximum Gasteiger partial charge on any atom is 0.247 e. The van der Waals surface area contributed by atoms with Crippen LogP contribution in [-0.2, 0) is 14.8 Å². The summed E-state index contributed by atoms with van der Waals surface area (Å²) in [5.41, 5.74) is 1.62. The van der Waals surface area contributed by atoms with Crippen LogP contribution in [0.2, 0.25) is 5.02 Å². The van der Waals surface area contributed by atoms with Crippen LogP contribution in [0.3, 0.4) is 0 Å². The highest BCUT2D eigenvalue weighted by Crippen LogP contribution is 2.28. The van der Waals surface area contributed by atoms with E-state index >= 15 is 0 Å². The van der Waals surface area contributed by atoms with Gasteiger partial charge in [0.2, 0.25) is 15.9 Å². The van der Waals surface area contributed by atoms with E-state index in [1.54, 1.807) is 49.4 Å². The first-order chi connectivity index (χ1) is 12.6. The first-order valence-electron chi connectivity index (χ1n) is 8.42. The van der Waals surface area contributed by atoms with E-state index in [0.29, 0.717) is 34.3 Å². The highest BCUT2D eigenvalue weighted by molar-refractivity contribution is 7.92. The number of hydrogen-bond acceptors (Lipinski definition) is 4. The molecule has 27 heavy (non-hydrogen) atoms. The molecule has 0 unspecified atom stereocenters. The van der Waals surface area contributed by atoms with Crippen LogP contribution in [0.25, 0.3) is 0 Å². The molecule has 0 bridgehead atoms. The molecule has 1 N–H and O–H groups in total. The van der Waals surface area contributed by atoms with Crippen molar-refractivity contribution in [1.29, 1.82) is 0 Å². The molecule has 0 saturated heterocycles. The summed E-state index contributed by atoms with van der Waals surface area (Å²) >= 11 is 6.03. The number of rotatable bonds is 7. The molecule has 0 spiro atoms. The summed E-state index contributed by atoms with van der Waals surface area (Å²) in [4.78, 5) is 12.7. The maximum atomic E-state index is 12.7. The van der Waals surface area contributed by atoms with Crippen LogP contribution in [0.15, 0.2) is 42.5 Å². The van der Waals surface area contributed by atoms with Crippen molar-refractivity contribution in [2.75, 3.05) is 22.5 Å². The molecule has 0 radical (unpaired) electrons. The van der Waals surface area contributed by atoms with Gasteiger partial charge in [0.15, 0.2) is 0 Å². The molecule has 6 nitrogen and oxygen atoms in total. The van der Waals surface area contributed by atoms with Crippen molar-refractivity contribution in [2.45, 2.75) is 26.8 Å². The second-order valence-electron chi connectivity index (χ2n) is 6.11. The van der Waals surface area contributed by atoms with E-state index < -0.39 is 22.0 Å². The van der Waals surface area contributed by atoms with Gasteiger partial charge in [-0.2, -0.15) is 0 Å². The fourth-order valence-electron chi connectivity index (χ4n) is 2.65. The summed E-state index contributed by atoms with van der Waals surface area (Å²) in [5, 5.41) is 3.13. The molecule has 0 aliphatic rings. The van der Waals surface area contributed by atoms with E-state index in [2.05, 4.69) is 5.32 Å². The molecule has 1 amide bonds. The third-order valence-corrected chi connectivity index (χ3v) is 5.39. The Kier molecular flexibility index (Phi) is 6.73. The lowest BCUT2D eigenvalue weighted by Gasteiger charge is -2.29. The number of carbonyl (C=O) groups is 1. The lowest BCUT2D eigenvalue weighted by Crippen LogP contribution is -2.45.